The van der Waals surface area contributed by atoms with Gasteiger partial charge in [0.15, 0.2) is 0 Å². The first kappa shape index (κ1) is 10.5. The molecule has 0 radical (unpaired) electrons. The van der Waals surface area contributed by atoms with Gasteiger partial charge in [-0.05, 0) is 36.6 Å². The zero-order valence-electron chi connectivity index (χ0n) is 9.63. The minimum atomic E-state index is 0.561. The lowest BCUT2D eigenvalue weighted by Gasteiger charge is -2.09. The fourth-order valence-electron chi connectivity index (χ4n) is 2.18. The van der Waals surface area contributed by atoms with E-state index in [4.69, 9.17) is 0 Å². The highest BCUT2D eigenvalue weighted by molar-refractivity contribution is 5.34. The molecule has 88 valence electrons. The predicted molar refractivity (Wildman–Crippen MR) is 66.8 cm³/mol. The second-order valence-electron chi connectivity index (χ2n) is 4.38. The molecule has 0 saturated carbocycles. The third kappa shape index (κ3) is 2.38. The SMILES string of the molecule is c1cnn(-c2ccc(CC3CCNN3)cc2)c1. The van der Waals surface area contributed by atoms with Crippen LogP contribution in [0.1, 0.15) is 12.0 Å². The summed E-state index contributed by atoms with van der Waals surface area (Å²) in [5.74, 6) is 0. The molecular weight excluding hydrogens is 212 g/mol. The molecule has 1 atom stereocenters. The lowest BCUT2D eigenvalue weighted by atomic mass is 10.0. The van der Waals surface area contributed by atoms with Crippen LogP contribution >= 0.6 is 0 Å². The van der Waals surface area contributed by atoms with Gasteiger partial charge in [0.2, 0.25) is 0 Å². The van der Waals surface area contributed by atoms with Crippen molar-refractivity contribution in [2.24, 2.45) is 0 Å². The van der Waals surface area contributed by atoms with Crippen LogP contribution in [0.4, 0.5) is 0 Å². The van der Waals surface area contributed by atoms with E-state index in [0.717, 1.165) is 18.7 Å². The van der Waals surface area contributed by atoms with Crippen molar-refractivity contribution in [1.82, 2.24) is 20.6 Å². The third-order valence-electron chi connectivity index (χ3n) is 3.11. The topological polar surface area (TPSA) is 41.9 Å². The van der Waals surface area contributed by atoms with Crippen molar-refractivity contribution < 1.29 is 0 Å². The molecule has 1 aliphatic heterocycles. The van der Waals surface area contributed by atoms with Crippen LogP contribution in [-0.2, 0) is 6.42 Å². The number of benzene rings is 1. The van der Waals surface area contributed by atoms with Gasteiger partial charge in [-0.1, -0.05) is 12.1 Å². The summed E-state index contributed by atoms with van der Waals surface area (Å²) < 4.78 is 1.87. The van der Waals surface area contributed by atoms with Crippen LogP contribution in [-0.4, -0.2) is 22.4 Å². The van der Waals surface area contributed by atoms with E-state index in [9.17, 15) is 0 Å². The monoisotopic (exact) mass is 228 g/mol. The predicted octanol–water partition coefficient (Wildman–Crippen LogP) is 1.28. The molecule has 1 fully saturated rings. The molecule has 1 aromatic carbocycles. The molecule has 0 spiro atoms. The van der Waals surface area contributed by atoms with Gasteiger partial charge in [-0.25, -0.2) is 4.68 Å². The van der Waals surface area contributed by atoms with Crippen molar-refractivity contribution in [3.63, 3.8) is 0 Å². The fourth-order valence-corrected chi connectivity index (χ4v) is 2.18. The van der Waals surface area contributed by atoms with E-state index in [1.54, 1.807) is 6.20 Å². The molecule has 0 amide bonds. The van der Waals surface area contributed by atoms with E-state index >= 15 is 0 Å². The number of aromatic nitrogens is 2. The van der Waals surface area contributed by atoms with Crippen molar-refractivity contribution >= 4 is 0 Å². The van der Waals surface area contributed by atoms with Crippen molar-refractivity contribution in [3.05, 3.63) is 48.3 Å². The van der Waals surface area contributed by atoms with E-state index < -0.39 is 0 Å². The maximum atomic E-state index is 4.21. The summed E-state index contributed by atoms with van der Waals surface area (Å²) in [4.78, 5) is 0. The number of hydrazine groups is 1. The number of hydrogen-bond donors (Lipinski definition) is 2. The Morgan fingerprint density at radius 2 is 2.18 bits per heavy atom. The van der Waals surface area contributed by atoms with Crippen molar-refractivity contribution in [2.75, 3.05) is 6.54 Å². The summed E-state index contributed by atoms with van der Waals surface area (Å²) in [5.41, 5.74) is 8.91. The first-order valence-electron chi connectivity index (χ1n) is 5.99. The Kier molecular flexibility index (Phi) is 2.90. The zero-order chi connectivity index (χ0) is 11.5. The summed E-state index contributed by atoms with van der Waals surface area (Å²) >= 11 is 0. The average Bonchev–Trinajstić information content (AvgIpc) is 3.01. The Morgan fingerprint density at radius 1 is 1.29 bits per heavy atom. The van der Waals surface area contributed by atoms with E-state index in [0.29, 0.717) is 6.04 Å². The molecule has 0 aliphatic carbocycles. The van der Waals surface area contributed by atoms with Gasteiger partial charge >= 0.3 is 0 Å². The maximum absolute atomic E-state index is 4.21. The van der Waals surface area contributed by atoms with Crippen LogP contribution < -0.4 is 10.9 Å². The van der Waals surface area contributed by atoms with Crippen molar-refractivity contribution in [1.29, 1.82) is 0 Å². The van der Waals surface area contributed by atoms with Gasteiger partial charge in [0.1, 0.15) is 0 Å². The molecule has 1 aromatic heterocycles. The highest BCUT2D eigenvalue weighted by Crippen LogP contribution is 2.12. The molecule has 4 nitrogen and oxygen atoms in total. The maximum Gasteiger partial charge on any atom is 0.0645 e. The van der Waals surface area contributed by atoms with Crippen LogP contribution in [0.15, 0.2) is 42.7 Å². The summed E-state index contributed by atoms with van der Waals surface area (Å²) in [6.45, 7) is 1.07. The molecule has 2 aromatic rings. The highest BCUT2D eigenvalue weighted by atomic mass is 15.4. The Morgan fingerprint density at radius 3 is 2.82 bits per heavy atom. The molecular formula is C13H16N4. The first-order valence-corrected chi connectivity index (χ1v) is 5.99. The van der Waals surface area contributed by atoms with Crippen LogP contribution in [0, 0.1) is 0 Å². The summed E-state index contributed by atoms with van der Waals surface area (Å²) in [6.07, 6.45) is 6.02. The number of nitrogens with one attached hydrogen (secondary N) is 2. The lowest BCUT2D eigenvalue weighted by Crippen LogP contribution is -2.31. The third-order valence-corrected chi connectivity index (χ3v) is 3.11. The van der Waals surface area contributed by atoms with E-state index in [2.05, 4.69) is 40.2 Å². The number of nitrogens with zero attached hydrogens (tertiary/aromatic N) is 2. The van der Waals surface area contributed by atoms with Crippen molar-refractivity contribution in [2.45, 2.75) is 18.9 Å². The molecule has 2 N–H and O–H groups in total. The summed E-state index contributed by atoms with van der Waals surface area (Å²) in [7, 11) is 0. The Bertz CT molecular complexity index is 455. The smallest absolute Gasteiger partial charge is 0.0645 e. The standard InChI is InChI=1S/C13H16N4/c1-7-15-17(9-1)13-4-2-11(3-5-13)10-12-6-8-14-16-12/h1-5,7,9,12,14,16H,6,8,10H2. The Hall–Kier alpha value is -1.65. The largest absolute Gasteiger partial charge is 0.258 e. The van der Waals surface area contributed by atoms with E-state index in [1.165, 1.54) is 12.0 Å². The van der Waals surface area contributed by atoms with Gasteiger partial charge in [0.05, 0.1) is 5.69 Å². The molecule has 1 saturated heterocycles. The molecule has 1 unspecified atom stereocenters. The van der Waals surface area contributed by atoms with Gasteiger partial charge in [-0.2, -0.15) is 5.10 Å². The summed E-state index contributed by atoms with van der Waals surface area (Å²) in [6, 6.07) is 11.1. The van der Waals surface area contributed by atoms with Gasteiger partial charge in [-0.15, -0.1) is 0 Å². The first-order chi connectivity index (χ1) is 8.42. The van der Waals surface area contributed by atoms with Crippen molar-refractivity contribution in [3.8, 4) is 5.69 Å². The van der Waals surface area contributed by atoms with Crippen LogP contribution in [0.25, 0.3) is 5.69 Å². The van der Waals surface area contributed by atoms with Gasteiger partial charge in [0, 0.05) is 25.0 Å². The van der Waals surface area contributed by atoms with E-state index in [1.807, 2.05) is 16.9 Å². The normalized spacial score (nSPS) is 19.6. The second kappa shape index (κ2) is 4.69. The Balaban J connectivity index is 1.71. The lowest BCUT2D eigenvalue weighted by molar-refractivity contribution is 0.553. The number of rotatable bonds is 3. The molecule has 2 heterocycles. The van der Waals surface area contributed by atoms with Crippen LogP contribution in [0.2, 0.25) is 0 Å². The summed E-state index contributed by atoms with van der Waals surface area (Å²) in [5, 5.41) is 4.21. The molecule has 3 rings (SSSR count). The Labute approximate surface area is 101 Å². The average molecular weight is 228 g/mol. The second-order valence-corrected chi connectivity index (χ2v) is 4.38. The van der Waals surface area contributed by atoms with Crippen LogP contribution in [0.5, 0.6) is 0 Å². The molecule has 17 heavy (non-hydrogen) atoms. The minimum Gasteiger partial charge on any atom is -0.258 e. The number of hydrogen-bond acceptors (Lipinski definition) is 3. The minimum absolute atomic E-state index is 0.561. The molecule has 1 aliphatic rings. The highest BCUT2D eigenvalue weighted by Gasteiger charge is 2.13. The molecule has 4 heteroatoms. The fraction of sp³-hybridized carbons (Fsp3) is 0.308. The molecule has 0 bridgehead atoms. The van der Waals surface area contributed by atoms with E-state index in [-0.39, 0.29) is 0 Å². The van der Waals surface area contributed by atoms with Gasteiger partial charge in [0.25, 0.3) is 0 Å². The quantitative estimate of drug-likeness (QED) is 0.831. The van der Waals surface area contributed by atoms with Gasteiger partial charge < -0.3 is 0 Å². The zero-order valence-corrected chi connectivity index (χ0v) is 9.63. The van der Waals surface area contributed by atoms with Gasteiger partial charge in [-0.3, -0.25) is 10.9 Å². The van der Waals surface area contributed by atoms with Crippen LogP contribution in [0.3, 0.4) is 0 Å².